The van der Waals surface area contributed by atoms with E-state index in [4.69, 9.17) is 0 Å². The fourth-order valence-electron chi connectivity index (χ4n) is 3.08. The van der Waals surface area contributed by atoms with Gasteiger partial charge in [-0.1, -0.05) is 0 Å². The molecule has 0 aromatic heterocycles. The Kier molecular flexibility index (Phi) is 6.97. The molecule has 1 atom stereocenters. The quantitative estimate of drug-likeness (QED) is 0.805. The lowest BCUT2D eigenvalue weighted by atomic mass is 9.94. The number of halogens is 1. The van der Waals surface area contributed by atoms with Crippen molar-refractivity contribution in [2.45, 2.75) is 38.1 Å². The number of carbonyl (C=O) groups is 1. The van der Waals surface area contributed by atoms with Crippen LogP contribution in [0.1, 0.15) is 32.1 Å². The first-order valence-corrected chi connectivity index (χ1v) is 6.97. The van der Waals surface area contributed by atoms with Gasteiger partial charge in [0.25, 0.3) is 0 Å². The third kappa shape index (κ3) is 4.11. The number of likely N-dealkylation sites (tertiary alicyclic amines) is 1. The summed E-state index contributed by atoms with van der Waals surface area (Å²) in [6.07, 6.45) is 6.07. The summed E-state index contributed by atoms with van der Waals surface area (Å²) < 4.78 is 0. The van der Waals surface area contributed by atoms with Gasteiger partial charge >= 0.3 is 0 Å². The Labute approximate surface area is 116 Å². The van der Waals surface area contributed by atoms with Crippen LogP contribution in [0, 0.1) is 5.92 Å². The molecule has 2 aliphatic heterocycles. The van der Waals surface area contributed by atoms with E-state index < -0.39 is 0 Å². The van der Waals surface area contributed by atoms with Gasteiger partial charge in [0.05, 0.1) is 6.04 Å². The molecule has 0 bridgehead atoms. The number of nitrogens with zero attached hydrogens (tertiary/aromatic N) is 1. The lowest BCUT2D eigenvalue weighted by Crippen LogP contribution is -2.42. The Morgan fingerprint density at radius 1 is 1.33 bits per heavy atom. The van der Waals surface area contributed by atoms with Crippen LogP contribution in [0.15, 0.2) is 0 Å². The van der Waals surface area contributed by atoms with Crippen LogP contribution in [0.25, 0.3) is 0 Å². The van der Waals surface area contributed by atoms with Crippen molar-refractivity contribution in [1.82, 2.24) is 15.5 Å². The summed E-state index contributed by atoms with van der Waals surface area (Å²) in [5.41, 5.74) is 0. The predicted octanol–water partition coefficient (Wildman–Crippen LogP) is 1.01. The number of rotatable bonds is 4. The zero-order valence-electron chi connectivity index (χ0n) is 11.3. The molecule has 106 valence electrons. The van der Waals surface area contributed by atoms with E-state index in [1.54, 1.807) is 7.05 Å². The Morgan fingerprint density at radius 3 is 2.72 bits per heavy atom. The number of piperidine rings is 1. The van der Waals surface area contributed by atoms with Crippen LogP contribution in [0.5, 0.6) is 0 Å². The molecule has 2 heterocycles. The monoisotopic (exact) mass is 275 g/mol. The lowest BCUT2D eigenvalue weighted by molar-refractivity contribution is -0.125. The van der Waals surface area contributed by atoms with E-state index in [-0.39, 0.29) is 24.4 Å². The van der Waals surface area contributed by atoms with Gasteiger partial charge in [0.2, 0.25) is 5.91 Å². The number of amides is 1. The summed E-state index contributed by atoms with van der Waals surface area (Å²) in [4.78, 5) is 14.1. The molecule has 0 saturated carbocycles. The normalized spacial score (nSPS) is 25.7. The Hall–Kier alpha value is -0.320. The zero-order chi connectivity index (χ0) is 12.1. The average molecular weight is 276 g/mol. The Balaban J connectivity index is 0.00000162. The lowest BCUT2D eigenvalue weighted by Gasteiger charge is -2.27. The van der Waals surface area contributed by atoms with Crippen LogP contribution in [0.3, 0.4) is 0 Å². The first-order chi connectivity index (χ1) is 8.31. The van der Waals surface area contributed by atoms with Crippen molar-refractivity contribution in [2.24, 2.45) is 5.92 Å². The van der Waals surface area contributed by atoms with Crippen molar-refractivity contribution >= 4 is 18.3 Å². The van der Waals surface area contributed by atoms with Crippen molar-refractivity contribution in [3.05, 3.63) is 0 Å². The molecule has 0 aliphatic carbocycles. The molecule has 1 amide bonds. The van der Waals surface area contributed by atoms with E-state index in [1.165, 1.54) is 38.8 Å². The van der Waals surface area contributed by atoms with Crippen molar-refractivity contribution in [3.8, 4) is 0 Å². The van der Waals surface area contributed by atoms with E-state index in [9.17, 15) is 4.79 Å². The molecule has 0 aromatic carbocycles. The second-order valence-corrected chi connectivity index (χ2v) is 5.29. The van der Waals surface area contributed by atoms with Crippen LogP contribution in [-0.2, 0) is 4.79 Å². The van der Waals surface area contributed by atoms with Gasteiger partial charge in [-0.15, -0.1) is 12.4 Å². The molecule has 2 N–H and O–H groups in total. The Bertz CT molecular complexity index is 257. The van der Waals surface area contributed by atoms with Crippen molar-refractivity contribution < 1.29 is 4.79 Å². The third-order valence-corrected chi connectivity index (χ3v) is 4.20. The topological polar surface area (TPSA) is 44.4 Å². The van der Waals surface area contributed by atoms with Crippen LogP contribution in [-0.4, -0.2) is 50.1 Å². The highest BCUT2D eigenvalue weighted by molar-refractivity contribution is 5.85. The molecule has 18 heavy (non-hydrogen) atoms. The average Bonchev–Trinajstić information content (AvgIpc) is 2.85. The summed E-state index contributed by atoms with van der Waals surface area (Å²) in [5.74, 6) is 1.06. The fourth-order valence-corrected chi connectivity index (χ4v) is 3.08. The summed E-state index contributed by atoms with van der Waals surface area (Å²) in [7, 11) is 1.74. The van der Waals surface area contributed by atoms with Crippen LogP contribution in [0.2, 0.25) is 0 Å². The predicted molar refractivity (Wildman–Crippen MR) is 76.1 cm³/mol. The molecule has 2 fully saturated rings. The first-order valence-electron chi connectivity index (χ1n) is 6.97. The summed E-state index contributed by atoms with van der Waals surface area (Å²) >= 11 is 0. The van der Waals surface area contributed by atoms with E-state index in [0.717, 1.165) is 25.4 Å². The van der Waals surface area contributed by atoms with Crippen molar-refractivity contribution in [2.75, 3.05) is 33.2 Å². The molecule has 2 saturated heterocycles. The molecule has 5 heteroatoms. The maximum Gasteiger partial charge on any atom is 0.237 e. The van der Waals surface area contributed by atoms with E-state index in [0.29, 0.717) is 0 Å². The summed E-state index contributed by atoms with van der Waals surface area (Å²) in [6, 6.07) is 0.140. The second kappa shape index (κ2) is 7.97. The van der Waals surface area contributed by atoms with E-state index in [2.05, 4.69) is 15.5 Å². The number of carbonyl (C=O) groups excluding carboxylic acids is 1. The highest BCUT2D eigenvalue weighted by Gasteiger charge is 2.30. The smallest absolute Gasteiger partial charge is 0.237 e. The maximum atomic E-state index is 11.7. The molecular weight excluding hydrogens is 250 g/mol. The highest BCUT2D eigenvalue weighted by Crippen LogP contribution is 2.21. The minimum Gasteiger partial charge on any atom is -0.358 e. The van der Waals surface area contributed by atoms with Crippen LogP contribution in [0.4, 0.5) is 0 Å². The van der Waals surface area contributed by atoms with Gasteiger partial charge in [-0.3, -0.25) is 9.69 Å². The molecule has 0 aromatic rings. The molecule has 0 spiro atoms. The van der Waals surface area contributed by atoms with Gasteiger partial charge in [-0.2, -0.15) is 0 Å². The molecular formula is C13H26ClN3O. The van der Waals surface area contributed by atoms with Crippen molar-refractivity contribution in [1.29, 1.82) is 0 Å². The number of nitrogens with one attached hydrogen (secondary N) is 2. The first kappa shape index (κ1) is 15.7. The SMILES string of the molecule is CNC(=O)C1CCCN1CCC1CCNCC1.Cl. The molecule has 4 nitrogen and oxygen atoms in total. The van der Waals surface area contributed by atoms with Crippen LogP contribution < -0.4 is 10.6 Å². The van der Waals surface area contributed by atoms with Crippen LogP contribution >= 0.6 is 12.4 Å². The third-order valence-electron chi connectivity index (χ3n) is 4.20. The minimum atomic E-state index is 0. The van der Waals surface area contributed by atoms with Crippen molar-refractivity contribution in [3.63, 3.8) is 0 Å². The molecule has 1 unspecified atom stereocenters. The maximum absolute atomic E-state index is 11.7. The summed E-state index contributed by atoms with van der Waals surface area (Å²) in [6.45, 7) is 4.54. The number of hydrogen-bond acceptors (Lipinski definition) is 3. The fraction of sp³-hybridized carbons (Fsp3) is 0.923. The van der Waals surface area contributed by atoms with E-state index in [1.807, 2.05) is 0 Å². The molecule has 2 aliphatic rings. The number of hydrogen-bond donors (Lipinski definition) is 2. The van der Waals surface area contributed by atoms with Gasteiger partial charge in [-0.05, 0) is 64.2 Å². The van der Waals surface area contributed by atoms with Gasteiger partial charge in [0.15, 0.2) is 0 Å². The summed E-state index contributed by atoms with van der Waals surface area (Å²) in [5, 5.41) is 6.19. The standard InChI is InChI=1S/C13H25N3O.ClH/c1-14-13(17)12-3-2-9-16(12)10-6-11-4-7-15-8-5-11;/h11-12,15H,2-10H2,1H3,(H,14,17);1H. The second-order valence-electron chi connectivity index (χ2n) is 5.29. The van der Waals surface area contributed by atoms with Gasteiger partial charge in [-0.25, -0.2) is 0 Å². The number of likely N-dealkylation sites (N-methyl/N-ethyl adjacent to an activating group) is 1. The minimum absolute atomic E-state index is 0. The highest BCUT2D eigenvalue weighted by atomic mass is 35.5. The molecule has 0 radical (unpaired) electrons. The largest absolute Gasteiger partial charge is 0.358 e. The van der Waals surface area contributed by atoms with Gasteiger partial charge < -0.3 is 10.6 Å². The van der Waals surface area contributed by atoms with E-state index >= 15 is 0 Å². The Morgan fingerprint density at radius 2 is 2.06 bits per heavy atom. The van der Waals surface area contributed by atoms with Gasteiger partial charge in [0, 0.05) is 7.05 Å². The zero-order valence-corrected chi connectivity index (χ0v) is 12.1. The molecule has 2 rings (SSSR count). The van der Waals surface area contributed by atoms with Gasteiger partial charge in [0.1, 0.15) is 0 Å².